The van der Waals surface area contributed by atoms with Gasteiger partial charge in [-0.15, -0.1) is 0 Å². The van der Waals surface area contributed by atoms with Crippen LogP contribution in [0, 0.1) is 0 Å². The summed E-state index contributed by atoms with van der Waals surface area (Å²) in [6, 6.07) is -0.732. The SMILES string of the molecule is CNCC(O)CC(=O)N[C@@H](C)C(=O)NCC=O. The Morgan fingerprint density at radius 1 is 1.41 bits per heavy atom. The second-order valence-corrected chi connectivity index (χ2v) is 3.62. The lowest BCUT2D eigenvalue weighted by Gasteiger charge is -2.15. The fourth-order valence-corrected chi connectivity index (χ4v) is 1.18. The minimum Gasteiger partial charge on any atom is -0.391 e. The maximum absolute atomic E-state index is 11.4. The Bertz CT molecular complexity index is 270. The molecule has 0 aliphatic rings. The molecule has 0 saturated carbocycles. The number of aldehydes is 1. The Hall–Kier alpha value is -1.47. The van der Waals surface area contributed by atoms with Crippen LogP contribution in [0.4, 0.5) is 0 Å². The highest BCUT2D eigenvalue weighted by atomic mass is 16.3. The van der Waals surface area contributed by atoms with E-state index in [2.05, 4.69) is 16.0 Å². The standard InChI is InChI=1S/C10H19N3O4/c1-7(10(17)12-3-4-14)13-9(16)5-8(15)6-11-2/h4,7-8,11,15H,3,5-6H2,1-2H3,(H,12,17)(H,13,16)/t7-,8?/m0/s1. The molecule has 98 valence electrons. The van der Waals surface area contributed by atoms with Gasteiger partial charge in [-0.25, -0.2) is 0 Å². The van der Waals surface area contributed by atoms with E-state index in [1.807, 2.05) is 0 Å². The third-order valence-electron chi connectivity index (χ3n) is 1.99. The van der Waals surface area contributed by atoms with Crippen molar-refractivity contribution in [3.05, 3.63) is 0 Å². The molecule has 0 heterocycles. The van der Waals surface area contributed by atoms with E-state index in [0.29, 0.717) is 12.8 Å². The van der Waals surface area contributed by atoms with Gasteiger partial charge in [0, 0.05) is 6.54 Å². The van der Waals surface area contributed by atoms with E-state index in [4.69, 9.17) is 0 Å². The maximum Gasteiger partial charge on any atom is 0.242 e. The molecular weight excluding hydrogens is 226 g/mol. The van der Waals surface area contributed by atoms with Gasteiger partial charge in [0.05, 0.1) is 19.1 Å². The summed E-state index contributed by atoms with van der Waals surface area (Å²) < 4.78 is 0. The van der Waals surface area contributed by atoms with Gasteiger partial charge in [-0.1, -0.05) is 0 Å². The summed E-state index contributed by atoms with van der Waals surface area (Å²) in [5.41, 5.74) is 0. The molecule has 0 saturated heterocycles. The molecule has 0 spiro atoms. The van der Waals surface area contributed by atoms with Crippen LogP contribution in [0.2, 0.25) is 0 Å². The van der Waals surface area contributed by atoms with Crippen LogP contribution in [-0.2, 0) is 14.4 Å². The van der Waals surface area contributed by atoms with Crippen molar-refractivity contribution in [3.63, 3.8) is 0 Å². The van der Waals surface area contributed by atoms with Gasteiger partial charge in [0.1, 0.15) is 12.3 Å². The Morgan fingerprint density at radius 3 is 2.59 bits per heavy atom. The summed E-state index contributed by atoms with van der Waals surface area (Å²) in [7, 11) is 1.66. The third-order valence-corrected chi connectivity index (χ3v) is 1.99. The lowest BCUT2D eigenvalue weighted by Crippen LogP contribution is -2.46. The van der Waals surface area contributed by atoms with Gasteiger partial charge in [-0.2, -0.15) is 0 Å². The first-order valence-electron chi connectivity index (χ1n) is 5.34. The van der Waals surface area contributed by atoms with Crippen LogP contribution in [0.15, 0.2) is 0 Å². The second-order valence-electron chi connectivity index (χ2n) is 3.62. The Morgan fingerprint density at radius 2 is 2.06 bits per heavy atom. The molecule has 0 aliphatic carbocycles. The Balaban J connectivity index is 3.93. The number of nitrogens with one attached hydrogen (secondary N) is 3. The number of aliphatic hydroxyl groups is 1. The highest BCUT2D eigenvalue weighted by Crippen LogP contribution is 1.91. The molecule has 0 rings (SSSR count). The molecular formula is C10H19N3O4. The molecule has 7 heteroatoms. The number of hydrogen-bond acceptors (Lipinski definition) is 5. The predicted octanol–water partition coefficient (Wildman–Crippen LogP) is -2.22. The molecule has 0 fully saturated rings. The fraction of sp³-hybridized carbons (Fsp3) is 0.700. The van der Waals surface area contributed by atoms with E-state index >= 15 is 0 Å². The van der Waals surface area contributed by atoms with Crippen LogP contribution < -0.4 is 16.0 Å². The average Bonchev–Trinajstić information content (AvgIpc) is 2.25. The molecule has 2 atom stereocenters. The maximum atomic E-state index is 11.4. The molecule has 1 unspecified atom stereocenters. The van der Waals surface area contributed by atoms with Crippen molar-refractivity contribution in [3.8, 4) is 0 Å². The lowest BCUT2D eigenvalue weighted by molar-refractivity contribution is -0.129. The molecule has 0 aromatic heterocycles. The summed E-state index contributed by atoms with van der Waals surface area (Å²) in [5.74, 6) is -0.852. The smallest absolute Gasteiger partial charge is 0.242 e. The summed E-state index contributed by atoms with van der Waals surface area (Å²) in [6.07, 6.45) is -0.305. The molecule has 17 heavy (non-hydrogen) atoms. The largest absolute Gasteiger partial charge is 0.391 e. The number of carbonyl (C=O) groups excluding carboxylic acids is 3. The number of aliphatic hydroxyl groups excluding tert-OH is 1. The number of hydrogen-bond donors (Lipinski definition) is 4. The zero-order chi connectivity index (χ0) is 13.3. The number of rotatable bonds is 8. The average molecular weight is 245 g/mol. The Labute approximate surface area is 100.0 Å². The van der Waals surface area contributed by atoms with E-state index in [-0.39, 0.29) is 13.0 Å². The van der Waals surface area contributed by atoms with E-state index in [0.717, 1.165) is 0 Å². The quantitative estimate of drug-likeness (QED) is 0.362. The molecule has 0 aromatic carbocycles. The number of amides is 2. The van der Waals surface area contributed by atoms with Crippen molar-refractivity contribution in [1.29, 1.82) is 0 Å². The van der Waals surface area contributed by atoms with Crippen molar-refractivity contribution in [2.45, 2.75) is 25.5 Å². The topological polar surface area (TPSA) is 108 Å². The minimum absolute atomic E-state index is 0.0772. The van der Waals surface area contributed by atoms with Gasteiger partial charge in [-0.3, -0.25) is 9.59 Å². The van der Waals surface area contributed by atoms with Gasteiger partial charge in [-0.05, 0) is 14.0 Å². The van der Waals surface area contributed by atoms with E-state index in [9.17, 15) is 19.5 Å². The van der Waals surface area contributed by atoms with Crippen molar-refractivity contribution in [2.24, 2.45) is 0 Å². The molecule has 0 aliphatic heterocycles. The second kappa shape index (κ2) is 8.66. The van der Waals surface area contributed by atoms with Gasteiger partial charge in [0.25, 0.3) is 0 Å². The van der Waals surface area contributed by atoms with Gasteiger partial charge in [0.15, 0.2) is 0 Å². The van der Waals surface area contributed by atoms with Gasteiger partial charge in [0.2, 0.25) is 11.8 Å². The first-order valence-corrected chi connectivity index (χ1v) is 5.34. The normalized spacial score (nSPS) is 13.6. The van der Waals surface area contributed by atoms with Crippen LogP contribution in [0.5, 0.6) is 0 Å². The van der Waals surface area contributed by atoms with E-state index in [1.54, 1.807) is 7.05 Å². The van der Waals surface area contributed by atoms with Crippen LogP contribution in [-0.4, -0.2) is 55.5 Å². The highest BCUT2D eigenvalue weighted by Gasteiger charge is 2.16. The fourth-order valence-electron chi connectivity index (χ4n) is 1.18. The summed E-state index contributed by atoms with van der Waals surface area (Å²) in [4.78, 5) is 32.7. The first-order chi connectivity index (χ1) is 8.01. The van der Waals surface area contributed by atoms with Crippen molar-refractivity contribution in [1.82, 2.24) is 16.0 Å². The lowest BCUT2D eigenvalue weighted by atomic mass is 10.2. The predicted molar refractivity (Wildman–Crippen MR) is 61.2 cm³/mol. The Kier molecular flexibility index (Phi) is 7.91. The molecule has 2 amide bonds. The van der Waals surface area contributed by atoms with Gasteiger partial charge < -0.3 is 25.9 Å². The zero-order valence-electron chi connectivity index (χ0n) is 10.0. The molecule has 0 radical (unpaired) electrons. The van der Waals surface area contributed by atoms with Crippen LogP contribution >= 0.6 is 0 Å². The zero-order valence-corrected chi connectivity index (χ0v) is 10.0. The van der Waals surface area contributed by atoms with Crippen LogP contribution in [0.1, 0.15) is 13.3 Å². The van der Waals surface area contributed by atoms with Crippen molar-refractivity contribution >= 4 is 18.1 Å². The van der Waals surface area contributed by atoms with E-state index < -0.39 is 24.0 Å². The van der Waals surface area contributed by atoms with Crippen LogP contribution in [0.3, 0.4) is 0 Å². The number of carbonyl (C=O) groups is 3. The molecule has 7 nitrogen and oxygen atoms in total. The van der Waals surface area contributed by atoms with Crippen LogP contribution in [0.25, 0.3) is 0 Å². The number of likely N-dealkylation sites (N-methyl/N-ethyl adjacent to an activating group) is 1. The summed E-state index contributed by atoms with van der Waals surface area (Å²) in [6.45, 7) is 1.73. The minimum atomic E-state index is -0.787. The highest BCUT2D eigenvalue weighted by molar-refractivity contribution is 5.88. The van der Waals surface area contributed by atoms with Gasteiger partial charge >= 0.3 is 0 Å². The van der Waals surface area contributed by atoms with Crippen molar-refractivity contribution < 1.29 is 19.5 Å². The molecule has 4 N–H and O–H groups in total. The monoisotopic (exact) mass is 245 g/mol. The molecule has 0 bridgehead atoms. The third kappa shape index (κ3) is 7.42. The van der Waals surface area contributed by atoms with Crippen molar-refractivity contribution in [2.75, 3.05) is 20.1 Å². The molecule has 0 aromatic rings. The summed E-state index contributed by atoms with van der Waals surface area (Å²) in [5, 5.41) is 16.8. The van der Waals surface area contributed by atoms with E-state index in [1.165, 1.54) is 6.92 Å². The first kappa shape index (κ1) is 15.5. The summed E-state index contributed by atoms with van der Waals surface area (Å²) >= 11 is 0.